The normalized spacial score (nSPS) is 20.2. The minimum Gasteiger partial charge on any atom is -0.459 e. The van der Waals surface area contributed by atoms with Crippen LogP contribution in [0, 0.1) is 6.92 Å². The predicted molar refractivity (Wildman–Crippen MR) is 94.3 cm³/mol. The first-order chi connectivity index (χ1) is 11.8. The smallest absolute Gasteiger partial charge is 0.338 e. The van der Waals surface area contributed by atoms with E-state index >= 15 is 0 Å². The van der Waals surface area contributed by atoms with E-state index in [9.17, 15) is 9.59 Å². The van der Waals surface area contributed by atoms with Gasteiger partial charge in [0.2, 0.25) is 0 Å². The molecule has 0 N–H and O–H groups in total. The molecule has 0 aliphatic carbocycles. The molecule has 0 radical (unpaired) electrons. The van der Waals surface area contributed by atoms with Crippen LogP contribution >= 0.6 is 0 Å². The van der Waals surface area contributed by atoms with Crippen LogP contribution in [-0.4, -0.2) is 25.2 Å². The topological polar surface area (TPSA) is 65.1 Å². The van der Waals surface area contributed by atoms with E-state index in [1.54, 1.807) is 45.9 Å². The highest BCUT2D eigenvalue weighted by molar-refractivity contribution is 5.89. The maximum absolute atomic E-state index is 12.1. The van der Waals surface area contributed by atoms with Gasteiger partial charge < -0.3 is 14.2 Å². The zero-order chi connectivity index (χ0) is 18.6. The third-order valence-electron chi connectivity index (χ3n) is 4.27. The number of aryl methyl sites for hydroxylation is 1. The lowest BCUT2D eigenvalue weighted by molar-refractivity contribution is -0.141. The van der Waals surface area contributed by atoms with Crippen LogP contribution in [-0.2, 0) is 24.7 Å². The average molecular weight is 344 g/mol. The number of allylic oxidation sites excluding steroid dienone is 2. The van der Waals surface area contributed by atoms with Gasteiger partial charge in [-0.25, -0.2) is 9.59 Å². The Morgan fingerprint density at radius 3 is 2.32 bits per heavy atom. The summed E-state index contributed by atoms with van der Waals surface area (Å²) in [6.45, 7) is 9.35. The van der Waals surface area contributed by atoms with Gasteiger partial charge in [0.1, 0.15) is 12.4 Å². The molecule has 1 heterocycles. The van der Waals surface area contributed by atoms with Crippen molar-refractivity contribution in [2.24, 2.45) is 0 Å². The highest BCUT2D eigenvalue weighted by Crippen LogP contribution is 2.44. The van der Waals surface area contributed by atoms with Crippen molar-refractivity contribution < 1.29 is 23.8 Å². The fourth-order valence-corrected chi connectivity index (χ4v) is 2.21. The summed E-state index contributed by atoms with van der Waals surface area (Å²) in [7, 11) is 0. The number of ether oxygens (including phenoxy) is 3. The molecule has 0 aromatic heterocycles. The molecule has 1 aliphatic rings. The minimum atomic E-state index is -0.753. The number of carbonyl (C=O) groups excluding carboxylic acids is 2. The lowest BCUT2D eigenvalue weighted by Gasteiger charge is -2.17. The molecule has 1 aromatic rings. The van der Waals surface area contributed by atoms with Gasteiger partial charge in [0.25, 0.3) is 0 Å². The number of hydrogen-bond donors (Lipinski definition) is 0. The van der Waals surface area contributed by atoms with Crippen molar-refractivity contribution in [3.05, 3.63) is 52.6 Å². The molecule has 1 aromatic carbocycles. The van der Waals surface area contributed by atoms with Crippen LogP contribution < -0.4 is 4.74 Å². The Morgan fingerprint density at radius 2 is 1.76 bits per heavy atom. The molecule has 1 saturated heterocycles. The van der Waals surface area contributed by atoms with Crippen LogP contribution in [0.1, 0.15) is 38.8 Å². The highest BCUT2D eigenvalue weighted by Gasteiger charge is 2.50. The van der Waals surface area contributed by atoms with Crippen molar-refractivity contribution in [3.63, 3.8) is 0 Å². The summed E-state index contributed by atoms with van der Waals surface area (Å²) < 4.78 is 16.5. The van der Waals surface area contributed by atoms with E-state index in [0.29, 0.717) is 29.1 Å². The van der Waals surface area contributed by atoms with Gasteiger partial charge in [0.15, 0.2) is 5.60 Å². The standard InChI is InChI=1S/C20H24O5/c1-6-14(4)18(21)23-11-20(12-24-20)16-9-8-13(3)10-17(16)25-19(22)15(5)7-2/h6-10H,11-12H2,1-5H3/t20-/m0/s1. The van der Waals surface area contributed by atoms with Crippen LogP contribution in [0.15, 0.2) is 41.5 Å². The molecule has 0 spiro atoms. The van der Waals surface area contributed by atoms with Gasteiger partial charge in [0.05, 0.1) is 6.61 Å². The third kappa shape index (κ3) is 4.37. The molecular weight excluding hydrogens is 320 g/mol. The lowest BCUT2D eigenvalue weighted by Crippen LogP contribution is -2.22. The molecule has 2 rings (SSSR count). The molecule has 5 nitrogen and oxygen atoms in total. The SMILES string of the molecule is CC=C(C)C(=O)OC[C@@]1(c2ccc(C)cc2OC(=O)C(C)=CC)CO1. The maximum atomic E-state index is 12.1. The average Bonchev–Trinajstić information content (AvgIpc) is 3.39. The summed E-state index contributed by atoms with van der Waals surface area (Å²) in [6.07, 6.45) is 3.39. The summed E-state index contributed by atoms with van der Waals surface area (Å²) >= 11 is 0. The van der Waals surface area contributed by atoms with Gasteiger partial charge in [-0.1, -0.05) is 24.3 Å². The lowest BCUT2D eigenvalue weighted by atomic mass is 9.98. The molecule has 25 heavy (non-hydrogen) atoms. The largest absolute Gasteiger partial charge is 0.459 e. The van der Waals surface area contributed by atoms with Crippen LogP contribution in [0.5, 0.6) is 5.75 Å². The van der Waals surface area contributed by atoms with E-state index in [0.717, 1.165) is 5.56 Å². The summed E-state index contributed by atoms with van der Waals surface area (Å²) in [4.78, 5) is 24.0. The molecule has 0 saturated carbocycles. The van der Waals surface area contributed by atoms with Crippen molar-refractivity contribution in [1.82, 2.24) is 0 Å². The summed E-state index contributed by atoms with van der Waals surface area (Å²) in [5.74, 6) is -0.359. The van der Waals surface area contributed by atoms with Crippen molar-refractivity contribution in [2.45, 2.75) is 40.2 Å². The van der Waals surface area contributed by atoms with Crippen molar-refractivity contribution in [1.29, 1.82) is 0 Å². The van der Waals surface area contributed by atoms with Gasteiger partial charge in [-0.15, -0.1) is 0 Å². The fraction of sp³-hybridized carbons (Fsp3) is 0.400. The second kappa shape index (κ2) is 7.66. The predicted octanol–water partition coefficient (Wildman–Crippen LogP) is 3.60. The van der Waals surface area contributed by atoms with Crippen molar-refractivity contribution in [2.75, 3.05) is 13.2 Å². The Balaban J connectivity index is 2.23. The molecule has 134 valence electrons. The number of hydrogen-bond acceptors (Lipinski definition) is 5. The summed E-state index contributed by atoms with van der Waals surface area (Å²) in [5.41, 5.74) is 1.98. The van der Waals surface area contributed by atoms with Gasteiger partial charge in [-0.3, -0.25) is 0 Å². The first-order valence-corrected chi connectivity index (χ1v) is 8.23. The van der Waals surface area contributed by atoms with Crippen molar-refractivity contribution >= 4 is 11.9 Å². The summed E-state index contributed by atoms with van der Waals surface area (Å²) in [5, 5.41) is 0. The van der Waals surface area contributed by atoms with E-state index < -0.39 is 11.6 Å². The van der Waals surface area contributed by atoms with E-state index in [-0.39, 0.29) is 12.6 Å². The molecule has 0 unspecified atom stereocenters. The van der Waals surface area contributed by atoms with Crippen LogP contribution in [0.2, 0.25) is 0 Å². The minimum absolute atomic E-state index is 0.0766. The molecule has 1 atom stereocenters. The van der Waals surface area contributed by atoms with E-state index in [1.807, 2.05) is 19.1 Å². The third-order valence-corrected chi connectivity index (χ3v) is 4.27. The molecule has 1 aliphatic heterocycles. The maximum Gasteiger partial charge on any atom is 0.338 e. The van der Waals surface area contributed by atoms with E-state index in [4.69, 9.17) is 14.2 Å². The molecule has 5 heteroatoms. The molecule has 0 bridgehead atoms. The number of benzene rings is 1. The van der Waals surface area contributed by atoms with Gasteiger partial charge >= 0.3 is 11.9 Å². The van der Waals surface area contributed by atoms with Crippen molar-refractivity contribution in [3.8, 4) is 5.75 Å². The first kappa shape index (κ1) is 18.9. The van der Waals surface area contributed by atoms with Crippen LogP contribution in [0.25, 0.3) is 0 Å². The first-order valence-electron chi connectivity index (χ1n) is 8.23. The van der Waals surface area contributed by atoms with E-state index in [1.165, 1.54) is 0 Å². The number of carbonyl (C=O) groups is 2. The zero-order valence-electron chi connectivity index (χ0n) is 15.3. The van der Waals surface area contributed by atoms with Crippen LogP contribution in [0.4, 0.5) is 0 Å². The quantitative estimate of drug-likeness (QED) is 0.341. The Hall–Kier alpha value is -2.40. The number of rotatable bonds is 6. The Morgan fingerprint density at radius 1 is 1.16 bits per heavy atom. The fourth-order valence-electron chi connectivity index (χ4n) is 2.21. The molecule has 0 amide bonds. The molecular formula is C20H24O5. The van der Waals surface area contributed by atoms with Gasteiger partial charge in [0, 0.05) is 16.7 Å². The highest BCUT2D eigenvalue weighted by atomic mass is 16.6. The number of esters is 2. The van der Waals surface area contributed by atoms with Gasteiger partial charge in [-0.05, 0) is 46.2 Å². The Bertz CT molecular complexity index is 738. The van der Waals surface area contributed by atoms with Gasteiger partial charge in [-0.2, -0.15) is 0 Å². The van der Waals surface area contributed by atoms with Crippen LogP contribution in [0.3, 0.4) is 0 Å². The summed E-state index contributed by atoms with van der Waals surface area (Å²) in [6, 6.07) is 5.56. The van der Waals surface area contributed by atoms with E-state index in [2.05, 4.69) is 0 Å². The Kier molecular flexibility index (Phi) is 5.80. The molecule has 1 fully saturated rings. The second-order valence-electron chi connectivity index (χ2n) is 6.19. The second-order valence-corrected chi connectivity index (χ2v) is 6.19. The number of epoxide rings is 1. The Labute approximate surface area is 148 Å². The monoisotopic (exact) mass is 344 g/mol. The zero-order valence-corrected chi connectivity index (χ0v) is 15.3.